The highest BCUT2D eigenvalue weighted by Gasteiger charge is 2.20. The number of hydrogen-bond acceptors (Lipinski definition) is 3. The van der Waals surface area contributed by atoms with E-state index in [9.17, 15) is 0 Å². The largest absolute Gasteiger partial charge is 0.311 e. The molecule has 21 heavy (non-hydrogen) atoms. The molecule has 0 fully saturated rings. The Morgan fingerprint density at radius 1 is 1.24 bits per heavy atom. The molecular formula is C17H28N4. The first-order valence-corrected chi connectivity index (χ1v) is 7.95. The van der Waals surface area contributed by atoms with E-state index < -0.39 is 0 Å². The monoisotopic (exact) mass is 288 g/mol. The molecule has 4 heteroatoms. The number of nitrogens with zero attached hydrogens (tertiary/aromatic N) is 3. The van der Waals surface area contributed by atoms with Gasteiger partial charge in [-0.15, -0.1) is 0 Å². The maximum atomic E-state index is 4.39. The van der Waals surface area contributed by atoms with Crippen molar-refractivity contribution in [3.63, 3.8) is 0 Å². The van der Waals surface area contributed by atoms with Crippen LogP contribution in [0.2, 0.25) is 0 Å². The summed E-state index contributed by atoms with van der Waals surface area (Å²) in [5.74, 6) is 0.747. The van der Waals surface area contributed by atoms with Crippen molar-refractivity contribution >= 4 is 5.52 Å². The molecule has 0 aliphatic heterocycles. The smallest absolute Gasteiger partial charge is 0.0706 e. The number of aromatic nitrogens is 2. The fraction of sp³-hybridized carbons (Fsp3) is 0.588. The third kappa shape index (κ3) is 3.83. The molecular weight excluding hydrogens is 260 g/mol. The summed E-state index contributed by atoms with van der Waals surface area (Å²) < 4.78 is 1.93. The van der Waals surface area contributed by atoms with Crippen LogP contribution in [-0.2, 0) is 6.54 Å². The normalized spacial score (nSPS) is 13.4. The number of pyridine rings is 1. The average Bonchev–Trinajstić information content (AvgIpc) is 2.90. The molecule has 0 saturated carbocycles. The van der Waals surface area contributed by atoms with Gasteiger partial charge in [0.25, 0.3) is 0 Å². The number of rotatable bonds is 8. The summed E-state index contributed by atoms with van der Waals surface area (Å²) in [6.45, 7) is 6.47. The molecule has 116 valence electrons. The molecule has 0 aliphatic carbocycles. The Labute approximate surface area is 128 Å². The van der Waals surface area contributed by atoms with Gasteiger partial charge in [-0.05, 0) is 32.1 Å². The van der Waals surface area contributed by atoms with Crippen molar-refractivity contribution in [2.75, 3.05) is 20.6 Å². The fourth-order valence-electron chi connectivity index (χ4n) is 3.08. The van der Waals surface area contributed by atoms with Gasteiger partial charge in [0.2, 0.25) is 0 Å². The maximum Gasteiger partial charge on any atom is 0.0706 e. The minimum Gasteiger partial charge on any atom is -0.311 e. The second kappa shape index (κ2) is 7.57. The number of nitrogens with one attached hydrogen (secondary N) is 1. The van der Waals surface area contributed by atoms with Crippen LogP contribution in [0, 0.1) is 5.92 Å². The second-order valence-corrected chi connectivity index (χ2v) is 5.94. The molecule has 0 amide bonds. The first kappa shape index (κ1) is 16.0. The van der Waals surface area contributed by atoms with Crippen LogP contribution in [-0.4, -0.2) is 41.2 Å². The van der Waals surface area contributed by atoms with Gasteiger partial charge < -0.3 is 10.2 Å². The van der Waals surface area contributed by atoms with Crippen molar-refractivity contribution in [3.8, 4) is 0 Å². The van der Waals surface area contributed by atoms with Crippen molar-refractivity contribution in [2.45, 2.75) is 39.3 Å². The second-order valence-electron chi connectivity index (χ2n) is 5.94. The van der Waals surface area contributed by atoms with Crippen molar-refractivity contribution in [3.05, 3.63) is 36.2 Å². The Morgan fingerprint density at radius 2 is 2.00 bits per heavy atom. The minimum atomic E-state index is 0.585. The Hall–Kier alpha value is -1.39. The molecule has 1 N–H and O–H groups in total. The first-order valence-electron chi connectivity index (χ1n) is 7.95. The lowest BCUT2D eigenvalue weighted by Crippen LogP contribution is -2.42. The van der Waals surface area contributed by atoms with Gasteiger partial charge in [0.15, 0.2) is 0 Å². The number of fused-ring (bicyclic) bond motifs is 1. The highest BCUT2D eigenvalue weighted by molar-refractivity contribution is 5.53. The maximum absolute atomic E-state index is 4.39. The van der Waals surface area contributed by atoms with E-state index >= 15 is 0 Å². The van der Waals surface area contributed by atoms with Crippen LogP contribution in [0.1, 0.15) is 32.3 Å². The molecule has 1 atom stereocenters. The number of likely N-dealkylation sites (N-methyl/N-ethyl adjacent to an activating group) is 1. The summed E-state index contributed by atoms with van der Waals surface area (Å²) in [5.41, 5.74) is 2.45. The Morgan fingerprint density at radius 3 is 2.67 bits per heavy atom. The van der Waals surface area contributed by atoms with Crippen molar-refractivity contribution in [1.29, 1.82) is 0 Å². The zero-order valence-electron chi connectivity index (χ0n) is 13.7. The van der Waals surface area contributed by atoms with Crippen LogP contribution in [0.3, 0.4) is 0 Å². The van der Waals surface area contributed by atoms with E-state index in [0.717, 1.165) is 19.0 Å². The van der Waals surface area contributed by atoms with Crippen LogP contribution >= 0.6 is 0 Å². The highest BCUT2D eigenvalue weighted by atomic mass is 15.2. The molecule has 2 heterocycles. The molecule has 0 spiro atoms. The summed E-state index contributed by atoms with van der Waals surface area (Å²) in [6, 6.07) is 6.77. The van der Waals surface area contributed by atoms with Gasteiger partial charge in [-0.1, -0.05) is 32.8 Å². The number of hydrogen-bond donors (Lipinski definition) is 1. The summed E-state index contributed by atoms with van der Waals surface area (Å²) in [6.07, 6.45) is 6.42. The Bertz CT molecular complexity index is 542. The van der Waals surface area contributed by atoms with Crippen LogP contribution in [0.15, 0.2) is 30.6 Å². The van der Waals surface area contributed by atoms with Gasteiger partial charge in [0.05, 0.1) is 11.7 Å². The lowest BCUT2D eigenvalue weighted by molar-refractivity contribution is 0.194. The summed E-state index contributed by atoms with van der Waals surface area (Å²) in [7, 11) is 4.36. The molecule has 0 aliphatic rings. The third-order valence-corrected chi connectivity index (χ3v) is 4.43. The average molecular weight is 288 g/mol. The van der Waals surface area contributed by atoms with Crippen molar-refractivity contribution in [2.24, 2.45) is 5.92 Å². The van der Waals surface area contributed by atoms with Gasteiger partial charge in [-0.25, -0.2) is 4.52 Å². The lowest BCUT2D eigenvalue weighted by Gasteiger charge is -2.31. The van der Waals surface area contributed by atoms with Gasteiger partial charge in [-0.3, -0.25) is 0 Å². The highest BCUT2D eigenvalue weighted by Crippen LogP contribution is 2.17. The molecule has 0 bridgehead atoms. The topological polar surface area (TPSA) is 32.6 Å². The van der Waals surface area contributed by atoms with Gasteiger partial charge in [0.1, 0.15) is 0 Å². The van der Waals surface area contributed by atoms with E-state index in [0.29, 0.717) is 6.04 Å². The van der Waals surface area contributed by atoms with E-state index in [1.165, 1.54) is 23.9 Å². The van der Waals surface area contributed by atoms with Crippen LogP contribution in [0.4, 0.5) is 0 Å². The van der Waals surface area contributed by atoms with Gasteiger partial charge in [0, 0.05) is 30.9 Å². The van der Waals surface area contributed by atoms with Crippen molar-refractivity contribution < 1.29 is 0 Å². The fourth-order valence-corrected chi connectivity index (χ4v) is 3.08. The summed E-state index contributed by atoms with van der Waals surface area (Å²) in [4.78, 5) is 2.35. The van der Waals surface area contributed by atoms with Crippen LogP contribution in [0.25, 0.3) is 5.52 Å². The molecule has 0 radical (unpaired) electrons. The molecule has 0 saturated heterocycles. The van der Waals surface area contributed by atoms with Crippen LogP contribution < -0.4 is 5.32 Å². The minimum absolute atomic E-state index is 0.585. The molecule has 2 rings (SSSR count). The van der Waals surface area contributed by atoms with E-state index in [-0.39, 0.29) is 0 Å². The zero-order chi connectivity index (χ0) is 15.2. The molecule has 2 aromatic heterocycles. The van der Waals surface area contributed by atoms with Gasteiger partial charge in [-0.2, -0.15) is 5.10 Å². The van der Waals surface area contributed by atoms with Crippen LogP contribution in [0.5, 0.6) is 0 Å². The summed E-state index contributed by atoms with van der Waals surface area (Å²) >= 11 is 0. The first-order chi connectivity index (χ1) is 10.2. The van der Waals surface area contributed by atoms with E-state index in [1.54, 1.807) is 0 Å². The predicted octanol–water partition coefficient (Wildman–Crippen LogP) is 2.79. The molecule has 1 unspecified atom stereocenters. The third-order valence-electron chi connectivity index (χ3n) is 4.43. The molecule has 2 aromatic rings. The van der Waals surface area contributed by atoms with Gasteiger partial charge >= 0.3 is 0 Å². The molecule has 0 aromatic carbocycles. The Balaban J connectivity index is 1.96. The zero-order valence-corrected chi connectivity index (χ0v) is 13.7. The Kier molecular flexibility index (Phi) is 5.76. The lowest BCUT2D eigenvalue weighted by atomic mass is 9.93. The standard InChI is InChI=1S/C17H28N4/c1-5-14(6-2)17(20(3)4)13-18-11-15-12-19-21-10-8-7-9-16(15)21/h7-10,12,14,17-18H,5-6,11,13H2,1-4H3. The van der Waals surface area contributed by atoms with E-state index in [2.05, 4.69) is 55.4 Å². The van der Waals surface area contributed by atoms with Crippen molar-refractivity contribution in [1.82, 2.24) is 19.8 Å². The SMILES string of the molecule is CCC(CC)C(CNCc1cnn2ccccc12)N(C)C. The molecule has 4 nitrogen and oxygen atoms in total. The predicted molar refractivity (Wildman–Crippen MR) is 88.4 cm³/mol. The quantitative estimate of drug-likeness (QED) is 0.811. The van der Waals surface area contributed by atoms with E-state index in [4.69, 9.17) is 0 Å². The van der Waals surface area contributed by atoms with E-state index in [1.807, 2.05) is 23.0 Å². The summed E-state index contributed by atoms with van der Waals surface area (Å²) in [5, 5.41) is 8.00.